The lowest BCUT2D eigenvalue weighted by molar-refractivity contribution is 0.179. The molecule has 0 spiro atoms. The maximum atomic E-state index is 5.78. The Hall–Kier alpha value is -0.0800. The molecule has 1 aliphatic carbocycles. The van der Waals surface area contributed by atoms with Gasteiger partial charge in [-0.3, -0.25) is 0 Å². The van der Waals surface area contributed by atoms with Gasteiger partial charge in [-0.15, -0.1) is 0 Å². The molecular weight excluding hydrogens is 196 g/mol. The SMILES string of the molecule is CC(N)CCCCN1CCC2CCCCC21. The largest absolute Gasteiger partial charge is 0.328 e. The maximum Gasteiger partial charge on any atom is 0.0124 e. The molecule has 1 heterocycles. The number of likely N-dealkylation sites (tertiary alicyclic amines) is 1. The second kappa shape index (κ2) is 6.02. The number of hydrogen-bond donors (Lipinski definition) is 1. The fourth-order valence-electron chi connectivity index (χ4n) is 3.56. The van der Waals surface area contributed by atoms with Crippen molar-refractivity contribution in [3.63, 3.8) is 0 Å². The Kier molecular flexibility index (Phi) is 4.66. The van der Waals surface area contributed by atoms with Crippen molar-refractivity contribution in [2.45, 2.75) is 70.4 Å². The highest BCUT2D eigenvalue weighted by Gasteiger charge is 2.34. The van der Waals surface area contributed by atoms with Crippen LogP contribution in [0.5, 0.6) is 0 Å². The molecule has 0 aromatic heterocycles. The van der Waals surface area contributed by atoms with E-state index in [1.807, 2.05) is 0 Å². The van der Waals surface area contributed by atoms with Crippen molar-refractivity contribution in [3.05, 3.63) is 0 Å². The highest BCUT2D eigenvalue weighted by molar-refractivity contribution is 4.89. The Morgan fingerprint density at radius 2 is 2.00 bits per heavy atom. The minimum Gasteiger partial charge on any atom is -0.328 e. The van der Waals surface area contributed by atoms with E-state index in [2.05, 4.69) is 11.8 Å². The van der Waals surface area contributed by atoms with Gasteiger partial charge in [0.05, 0.1) is 0 Å². The van der Waals surface area contributed by atoms with Gasteiger partial charge in [0.15, 0.2) is 0 Å². The maximum absolute atomic E-state index is 5.78. The molecule has 2 heteroatoms. The van der Waals surface area contributed by atoms with Crippen LogP contribution in [0.15, 0.2) is 0 Å². The van der Waals surface area contributed by atoms with Crippen LogP contribution in [-0.4, -0.2) is 30.1 Å². The Morgan fingerprint density at radius 1 is 1.19 bits per heavy atom. The third-order valence-corrected chi connectivity index (χ3v) is 4.48. The molecule has 3 unspecified atom stereocenters. The second-order valence-electron chi connectivity index (χ2n) is 5.91. The first kappa shape index (κ1) is 12.4. The van der Waals surface area contributed by atoms with E-state index in [1.54, 1.807) is 0 Å². The fourth-order valence-corrected chi connectivity index (χ4v) is 3.56. The van der Waals surface area contributed by atoms with Crippen LogP contribution in [0.25, 0.3) is 0 Å². The number of unbranched alkanes of at least 4 members (excludes halogenated alkanes) is 1. The molecular formula is C14H28N2. The van der Waals surface area contributed by atoms with E-state index >= 15 is 0 Å². The quantitative estimate of drug-likeness (QED) is 0.728. The lowest BCUT2D eigenvalue weighted by Crippen LogP contribution is -2.35. The van der Waals surface area contributed by atoms with E-state index in [4.69, 9.17) is 5.73 Å². The number of rotatable bonds is 5. The zero-order chi connectivity index (χ0) is 11.4. The lowest BCUT2D eigenvalue weighted by Gasteiger charge is -2.31. The average molecular weight is 224 g/mol. The highest BCUT2D eigenvalue weighted by Crippen LogP contribution is 2.36. The highest BCUT2D eigenvalue weighted by atomic mass is 15.2. The van der Waals surface area contributed by atoms with E-state index in [1.165, 1.54) is 64.5 Å². The summed E-state index contributed by atoms with van der Waals surface area (Å²) in [4.78, 5) is 2.77. The van der Waals surface area contributed by atoms with Crippen LogP contribution in [0.4, 0.5) is 0 Å². The van der Waals surface area contributed by atoms with Crippen LogP contribution < -0.4 is 5.73 Å². The first-order valence-corrected chi connectivity index (χ1v) is 7.27. The van der Waals surface area contributed by atoms with Crippen LogP contribution in [0.2, 0.25) is 0 Å². The van der Waals surface area contributed by atoms with Gasteiger partial charge in [-0.1, -0.05) is 19.3 Å². The van der Waals surface area contributed by atoms with E-state index in [0.717, 1.165) is 12.0 Å². The Balaban J connectivity index is 1.66. The van der Waals surface area contributed by atoms with Gasteiger partial charge < -0.3 is 10.6 Å². The summed E-state index contributed by atoms with van der Waals surface area (Å²) in [6.07, 6.45) is 11.3. The smallest absolute Gasteiger partial charge is 0.0124 e. The number of nitrogens with zero attached hydrogens (tertiary/aromatic N) is 1. The third-order valence-electron chi connectivity index (χ3n) is 4.48. The van der Waals surface area contributed by atoms with Gasteiger partial charge in [0.1, 0.15) is 0 Å². The molecule has 2 aliphatic rings. The molecule has 0 radical (unpaired) electrons. The van der Waals surface area contributed by atoms with E-state index < -0.39 is 0 Å². The van der Waals surface area contributed by atoms with Crippen molar-refractivity contribution in [2.24, 2.45) is 11.7 Å². The average Bonchev–Trinajstić information content (AvgIpc) is 2.68. The molecule has 2 nitrogen and oxygen atoms in total. The molecule has 0 bridgehead atoms. The molecule has 0 aromatic rings. The standard InChI is InChI=1S/C14H28N2/c1-12(15)6-4-5-10-16-11-9-13-7-2-3-8-14(13)16/h12-14H,2-11,15H2,1H3. The summed E-state index contributed by atoms with van der Waals surface area (Å²) < 4.78 is 0. The van der Waals surface area contributed by atoms with Crippen LogP contribution in [-0.2, 0) is 0 Å². The van der Waals surface area contributed by atoms with E-state index in [0.29, 0.717) is 6.04 Å². The summed E-state index contributed by atoms with van der Waals surface area (Å²) in [6.45, 7) is 4.81. The molecule has 2 rings (SSSR count). The predicted octanol–water partition coefficient (Wildman–Crippen LogP) is 2.77. The number of hydrogen-bond acceptors (Lipinski definition) is 2. The topological polar surface area (TPSA) is 29.3 Å². The molecule has 3 atom stereocenters. The van der Waals surface area contributed by atoms with Crippen molar-refractivity contribution < 1.29 is 0 Å². The van der Waals surface area contributed by atoms with Crippen LogP contribution in [0.1, 0.15) is 58.3 Å². The lowest BCUT2D eigenvalue weighted by atomic mass is 9.85. The van der Waals surface area contributed by atoms with Crippen LogP contribution in [0, 0.1) is 5.92 Å². The molecule has 2 fully saturated rings. The molecule has 1 saturated heterocycles. The molecule has 2 N–H and O–H groups in total. The molecule has 16 heavy (non-hydrogen) atoms. The summed E-state index contributed by atoms with van der Waals surface area (Å²) in [7, 11) is 0. The summed E-state index contributed by atoms with van der Waals surface area (Å²) in [5, 5.41) is 0. The van der Waals surface area contributed by atoms with E-state index in [9.17, 15) is 0 Å². The summed E-state index contributed by atoms with van der Waals surface area (Å²) in [6, 6.07) is 1.34. The number of nitrogens with two attached hydrogens (primary N) is 1. The monoisotopic (exact) mass is 224 g/mol. The molecule has 1 saturated carbocycles. The first-order valence-electron chi connectivity index (χ1n) is 7.27. The van der Waals surface area contributed by atoms with Crippen LogP contribution in [0.3, 0.4) is 0 Å². The Labute approximate surface area is 101 Å². The second-order valence-corrected chi connectivity index (χ2v) is 5.91. The molecule has 1 aliphatic heterocycles. The first-order chi connectivity index (χ1) is 7.77. The van der Waals surface area contributed by atoms with Crippen LogP contribution >= 0.6 is 0 Å². The van der Waals surface area contributed by atoms with Crippen molar-refractivity contribution >= 4 is 0 Å². The summed E-state index contributed by atoms with van der Waals surface area (Å²) in [5.74, 6) is 1.04. The molecule has 94 valence electrons. The van der Waals surface area contributed by atoms with Gasteiger partial charge in [-0.05, 0) is 58.0 Å². The van der Waals surface area contributed by atoms with Crippen molar-refractivity contribution in [1.29, 1.82) is 0 Å². The number of fused-ring (bicyclic) bond motifs is 1. The predicted molar refractivity (Wildman–Crippen MR) is 69.4 cm³/mol. The van der Waals surface area contributed by atoms with E-state index in [-0.39, 0.29) is 0 Å². The molecule has 0 amide bonds. The zero-order valence-electron chi connectivity index (χ0n) is 10.8. The van der Waals surface area contributed by atoms with Crippen molar-refractivity contribution in [2.75, 3.05) is 13.1 Å². The Morgan fingerprint density at radius 3 is 2.81 bits per heavy atom. The molecule has 0 aromatic carbocycles. The summed E-state index contributed by atoms with van der Waals surface area (Å²) in [5.41, 5.74) is 5.78. The normalized spacial score (nSPS) is 32.6. The summed E-state index contributed by atoms with van der Waals surface area (Å²) >= 11 is 0. The fraction of sp³-hybridized carbons (Fsp3) is 1.00. The minimum atomic E-state index is 0.390. The van der Waals surface area contributed by atoms with Gasteiger partial charge in [0.25, 0.3) is 0 Å². The van der Waals surface area contributed by atoms with Crippen molar-refractivity contribution in [3.8, 4) is 0 Å². The Bertz CT molecular complexity index is 203. The van der Waals surface area contributed by atoms with Crippen molar-refractivity contribution in [1.82, 2.24) is 4.90 Å². The van der Waals surface area contributed by atoms with Gasteiger partial charge in [-0.25, -0.2) is 0 Å². The minimum absolute atomic E-state index is 0.390. The zero-order valence-corrected chi connectivity index (χ0v) is 10.8. The van der Waals surface area contributed by atoms with Gasteiger partial charge in [0, 0.05) is 12.1 Å². The van der Waals surface area contributed by atoms with Gasteiger partial charge in [0.2, 0.25) is 0 Å². The van der Waals surface area contributed by atoms with Gasteiger partial charge >= 0.3 is 0 Å². The van der Waals surface area contributed by atoms with Gasteiger partial charge in [-0.2, -0.15) is 0 Å². The third kappa shape index (κ3) is 3.21.